The second kappa shape index (κ2) is 2.74. The van der Waals surface area contributed by atoms with Gasteiger partial charge >= 0.3 is 0 Å². The van der Waals surface area contributed by atoms with E-state index in [0.29, 0.717) is 0 Å². The molecule has 1 heteroatoms. The molecule has 0 saturated heterocycles. The first-order valence-electron chi connectivity index (χ1n) is 3.59. The van der Waals surface area contributed by atoms with Crippen LogP contribution in [0.3, 0.4) is 0 Å². The molecule has 0 saturated carbocycles. The van der Waals surface area contributed by atoms with E-state index in [-0.39, 0.29) is 0 Å². The van der Waals surface area contributed by atoms with Crippen LogP contribution in [0, 0.1) is 6.92 Å². The number of benzene rings is 1. The van der Waals surface area contributed by atoms with Crippen molar-refractivity contribution in [2.24, 2.45) is 0 Å². The van der Waals surface area contributed by atoms with Crippen LogP contribution in [0.4, 0.5) is 5.69 Å². The Kier molecular flexibility index (Phi) is 1.95. The summed E-state index contributed by atoms with van der Waals surface area (Å²) >= 11 is 0. The average Bonchev–Trinajstić information content (AvgIpc) is 1.94. The molecule has 0 aromatic heterocycles. The van der Waals surface area contributed by atoms with Gasteiger partial charge in [0.15, 0.2) is 0 Å². The number of aryl methyl sites for hydroxylation is 2. The minimum atomic E-state index is 0.863. The van der Waals surface area contributed by atoms with Crippen LogP contribution in [0.1, 0.15) is 18.1 Å². The first kappa shape index (κ1) is 7.13. The number of nitrogens with two attached hydrogens (primary N) is 1. The third-order valence-corrected chi connectivity index (χ3v) is 1.75. The zero-order valence-electron chi connectivity index (χ0n) is 6.52. The minimum absolute atomic E-state index is 0.863. The van der Waals surface area contributed by atoms with E-state index >= 15 is 0 Å². The van der Waals surface area contributed by atoms with E-state index in [9.17, 15) is 0 Å². The lowest BCUT2D eigenvalue weighted by Gasteiger charge is -2.02. The van der Waals surface area contributed by atoms with Crippen LogP contribution in [-0.2, 0) is 6.42 Å². The quantitative estimate of drug-likeness (QED) is 0.586. The van der Waals surface area contributed by atoms with Crippen molar-refractivity contribution < 1.29 is 0 Å². The summed E-state index contributed by atoms with van der Waals surface area (Å²) in [6, 6.07) is 6.04. The van der Waals surface area contributed by atoms with Crippen LogP contribution in [0.15, 0.2) is 18.2 Å². The molecule has 1 nitrogen and oxygen atoms in total. The Balaban J connectivity index is 3.09. The molecule has 0 amide bonds. The monoisotopic (exact) mass is 135 g/mol. The van der Waals surface area contributed by atoms with Gasteiger partial charge in [-0.25, -0.2) is 0 Å². The molecule has 0 aliphatic rings. The molecule has 0 bridgehead atoms. The van der Waals surface area contributed by atoms with Gasteiger partial charge in [-0.2, -0.15) is 0 Å². The van der Waals surface area contributed by atoms with E-state index in [0.717, 1.165) is 12.1 Å². The predicted molar refractivity (Wildman–Crippen MR) is 45.0 cm³/mol. The fraction of sp³-hybridized carbons (Fsp3) is 0.333. The molecule has 0 fully saturated rings. The van der Waals surface area contributed by atoms with Crippen LogP contribution in [0.5, 0.6) is 0 Å². The van der Waals surface area contributed by atoms with E-state index in [1.807, 2.05) is 12.1 Å². The van der Waals surface area contributed by atoms with Gasteiger partial charge in [-0.3, -0.25) is 0 Å². The standard InChI is InChI=1S/C9H13N/c1-3-8-6-9(10)5-4-7(8)2/h4-6H,3,10H2,1-2H3. The highest BCUT2D eigenvalue weighted by atomic mass is 14.5. The molecule has 1 rings (SSSR count). The lowest BCUT2D eigenvalue weighted by atomic mass is 10.1. The Morgan fingerprint density at radius 3 is 2.60 bits per heavy atom. The molecular weight excluding hydrogens is 122 g/mol. The molecule has 1 aromatic carbocycles. The predicted octanol–water partition coefficient (Wildman–Crippen LogP) is 2.14. The van der Waals surface area contributed by atoms with Crippen molar-refractivity contribution in [1.29, 1.82) is 0 Å². The maximum atomic E-state index is 5.60. The Bertz CT molecular complexity index is 228. The molecule has 0 atom stereocenters. The van der Waals surface area contributed by atoms with Crippen molar-refractivity contribution in [3.63, 3.8) is 0 Å². The third-order valence-electron chi connectivity index (χ3n) is 1.75. The summed E-state index contributed by atoms with van der Waals surface area (Å²) in [5.41, 5.74) is 9.14. The highest BCUT2D eigenvalue weighted by molar-refractivity contribution is 5.44. The summed E-state index contributed by atoms with van der Waals surface area (Å²) in [6.07, 6.45) is 1.07. The Hall–Kier alpha value is -0.980. The molecule has 0 unspecified atom stereocenters. The van der Waals surface area contributed by atoms with Crippen LogP contribution in [-0.4, -0.2) is 0 Å². The fourth-order valence-electron chi connectivity index (χ4n) is 1.07. The summed E-state index contributed by atoms with van der Waals surface area (Å²) in [7, 11) is 0. The zero-order valence-corrected chi connectivity index (χ0v) is 6.52. The van der Waals surface area contributed by atoms with Gasteiger partial charge in [0.2, 0.25) is 0 Å². The van der Waals surface area contributed by atoms with Gasteiger partial charge in [-0.1, -0.05) is 13.0 Å². The van der Waals surface area contributed by atoms with E-state index in [1.54, 1.807) is 0 Å². The molecule has 2 N–H and O–H groups in total. The molecule has 0 aliphatic heterocycles. The summed E-state index contributed by atoms with van der Waals surface area (Å²) < 4.78 is 0. The molecule has 1 aromatic rings. The second-order valence-corrected chi connectivity index (χ2v) is 2.54. The van der Waals surface area contributed by atoms with Gasteiger partial charge in [0.1, 0.15) is 0 Å². The first-order valence-corrected chi connectivity index (χ1v) is 3.59. The lowest BCUT2D eigenvalue weighted by Crippen LogP contribution is -1.90. The first-order chi connectivity index (χ1) is 4.74. The Labute approximate surface area is 61.9 Å². The minimum Gasteiger partial charge on any atom is -0.399 e. The molecule has 10 heavy (non-hydrogen) atoms. The van der Waals surface area contributed by atoms with Crippen molar-refractivity contribution in [3.8, 4) is 0 Å². The molecule has 0 spiro atoms. The smallest absolute Gasteiger partial charge is 0.0316 e. The maximum Gasteiger partial charge on any atom is 0.0316 e. The zero-order chi connectivity index (χ0) is 7.56. The summed E-state index contributed by atoms with van der Waals surface area (Å²) in [4.78, 5) is 0. The second-order valence-electron chi connectivity index (χ2n) is 2.54. The van der Waals surface area contributed by atoms with Crippen molar-refractivity contribution >= 4 is 5.69 Å². The average molecular weight is 135 g/mol. The lowest BCUT2D eigenvalue weighted by molar-refractivity contribution is 1.11. The van der Waals surface area contributed by atoms with Crippen LogP contribution in [0.2, 0.25) is 0 Å². The van der Waals surface area contributed by atoms with Gasteiger partial charge in [0.05, 0.1) is 0 Å². The number of rotatable bonds is 1. The van der Waals surface area contributed by atoms with Crippen LogP contribution in [0.25, 0.3) is 0 Å². The molecular formula is C9H13N. The largest absolute Gasteiger partial charge is 0.399 e. The normalized spacial score (nSPS) is 9.80. The highest BCUT2D eigenvalue weighted by Gasteiger charge is 1.93. The maximum absolute atomic E-state index is 5.60. The number of nitrogen functional groups attached to an aromatic ring is 1. The SMILES string of the molecule is CCc1cc(N)ccc1C. The van der Waals surface area contributed by atoms with E-state index in [4.69, 9.17) is 5.73 Å². The van der Waals surface area contributed by atoms with Gasteiger partial charge < -0.3 is 5.73 Å². The molecule has 0 heterocycles. The number of anilines is 1. The number of hydrogen-bond donors (Lipinski definition) is 1. The summed E-state index contributed by atoms with van der Waals surface area (Å²) in [5, 5.41) is 0. The van der Waals surface area contributed by atoms with E-state index in [1.165, 1.54) is 11.1 Å². The van der Waals surface area contributed by atoms with Gasteiger partial charge in [-0.05, 0) is 36.6 Å². The summed E-state index contributed by atoms with van der Waals surface area (Å²) in [5.74, 6) is 0. The Morgan fingerprint density at radius 1 is 1.40 bits per heavy atom. The Morgan fingerprint density at radius 2 is 2.10 bits per heavy atom. The van der Waals surface area contributed by atoms with E-state index < -0.39 is 0 Å². The fourth-order valence-corrected chi connectivity index (χ4v) is 1.07. The molecule has 0 radical (unpaired) electrons. The third kappa shape index (κ3) is 1.29. The topological polar surface area (TPSA) is 26.0 Å². The van der Waals surface area contributed by atoms with E-state index in [2.05, 4.69) is 19.9 Å². The summed E-state index contributed by atoms with van der Waals surface area (Å²) in [6.45, 7) is 4.25. The van der Waals surface area contributed by atoms with Crippen molar-refractivity contribution in [2.45, 2.75) is 20.3 Å². The van der Waals surface area contributed by atoms with Gasteiger partial charge in [-0.15, -0.1) is 0 Å². The highest BCUT2D eigenvalue weighted by Crippen LogP contribution is 2.12. The van der Waals surface area contributed by atoms with Gasteiger partial charge in [0.25, 0.3) is 0 Å². The van der Waals surface area contributed by atoms with Gasteiger partial charge in [0, 0.05) is 5.69 Å². The van der Waals surface area contributed by atoms with Crippen LogP contribution >= 0.6 is 0 Å². The van der Waals surface area contributed by atoms with Crippen molar-refractivity contribution in [1.82, 2.24) is 0 Å². The van der Waals surface area contributed by atoms with Crippen molar-refractivity contribution in [3.05, 3.63) is 29.3 Å². The molecule has 54 valence electrons. The van der Waals surface area contributed by atoms with Crippen LogP contribution < -0.4 is 5.73 Å². The van der Waals surface area contributed by atoms with Crippen molar-refractivity contribution in [2.75, 3.05) is 5.73 Å². The molecule has 0 aliphatic carbocycles. The number of hydrogen-bond acceptors (Lipinski definition) is 1.